The van der Waals surface area contributed by atoms with Crippen LogP contribution in [0.3, 0.4) is 0 Å². The molecule has 142 valence electrons. The largest absolute Gasteiger partial charge is 0.321 e. The lowest BCUT2D eigenvalue weighted by Gasteiger charge is -2.08. The van der Waals surface area contributed by atoms with Gasteiger partial charge in [-0.25, -0.2) is 4.68 Å². The molecule has 6 nitrogen and oxygen atoms in total. The molecule has 1 N–H and O–H groups in total. The van der Waals surface area contributed by atoms with Crippen molar-refractivity contribution >= 4 is 34.8 Å². The number of hydrogen-bond donors (Lipinski definition) is 1. The van der Waals surface area contributed by atoms with Crippen LogP contribution >= 0.6 is 23.2 Å². The highest BCUT2D eigenvalue weighted by atomic mass is 35.5. The van der Waals surface area contributed by atoms with Crippen molar-refractivity contribution in [1.82, 2.24) is 14.3 Å². The zero-order valence-electron chi connectivity index (χ0n) is 14.9. The third-order valence-electron chi connectivity index (χ3n) is 4.22. The van der Waals surface area contributed by atoms with E-state index in [0.717, 1.165) is 5.69 Å². The van der Waals surface area contributed by atoms with E-state index in [1.54, 1.807) is 33.8 Å². The molecule has 1 amide bonds. The molecule has 0 aliphatic heterocycles. The summed E-state index contributed by atoms with van der Waals surface area (Å²) in [6.07, 6.45) is 3.58. The van der Waals surface area contributed by atoms with Crippen molar-refractivity contribution in [3.63, 3.8) is 0 Å². The number of carbonyl (C=O) groups is 1. The number of para-hydroxylation sites is 1. The molecule has 4 aromatic rings. The van der Waals surface area contributed by atoms with Crippen molar-refractivity contribution in [1.29, 1.82) is 5.26 Å². The number of aromatic nitrogens is 3. The Morgan fingerprint density at radius 1 is 1.00 bits per heavy atom. The van der Waals surface area contributed by atoms with Crippen molar-refractivity contribution in [2.45, 2.75) is 0 Å². The molecule has 0 atom stereocenters. The minimum atomic E-state index is -0.525. The van der Waals surface area contributed by atoms with Gasteiger partial charge in [-0.15, -0.1) is 0 Å². The van der Waals surface area contributed by atoms with E-state index in [9.17, 15) is 10.1 Å². The predicted octanol–water partition coefficient (Wildman–Crippen LogP) is 5.09. The van der Waals surface area contributed by atoms with Gasteiger partial charge in [0.25, 0.3) is 5.91 Å². The van der Waals surface area contributed by atoms with Crippen molar-refractivity contribution < 1.29 is 4.79 Å². The number of rotatable bonds is 4. The van der Waals surface area contributed by atoms with Gasteiger partial charge in [0.05, 0.1) is 15.7 Å². The zero-order chi connectivity index (χ0) is 20.4. The summed E-state index contributed by atoms with van der Waals surface area (Å²) in [5.74, 6) is -0.0500. The summed E-state index contributed by atoms with van der Waals surface area (Å²) in [6.45, 7) is 0. The Morgan fingerprint density at radius 3 is 2.38 bits per heavy atom. The van der Waals surface area contributed by atoms with E-state index in [-0.39, 0.29) is 11.3 Å². The molecule has 0 aliphatic rings. The van der Waals surface area contributed by atoms with Crippen LogP contribution < -0.4 is 5.32 Å². The highest BCUT2D eigenvalue weighted by Crippen LogP contribution is 2.27. The number of hydrogen-bond acceptors (Lipinski definition) is 3. The molecule has 0 unspecified atom stereocenters. The second kappa shape index (κ2) is 7.84. The number of anilines is 1. The van der Waals surface area contributed by atoms with E-state index in [4.69, 9.17) is 23.2 Å². The van der Waals surface area contributed by atoms with E-state index in [0.29, 0.717) is 21.6 Å². The molecule has 0 radical (unpaired) electrons. The highest BCUT2D eigenvalue weighted by Gasteiger charge is 2.25. The minimum absolute atomic E-state index is 0.00567. The molecule has 2 heterocycles. The first-order chi connectivity index (χ1) is 14.1. The summed E-state index contributed by atoms with van der Waals surface area (Å²) in [6, 6.07) is 19.8. The van der Waals surface area contributed by atoms with E-state index in [2.05, 4.69) is 16.5 Å². The van der Waals surface area contributed by atoms with Gasteiger partial charge in [0, 0.05) is 18.1 Å². The van der Waals surface area contributed by atoms with Crippen LogP contribution in [-0.4, -0.2) is 20.3 Å². The molecule has 0 fully saturated rings. The lowest BCUT2D eigenvalue weighted by molar-refractivity contribution is 0.102. The van der Waals surface area contributed by atoms with E-state index >= 15 is 0 Å². The Kier molecular flexibility index (Phi) is 5.09. The fraction of sp³-hybridized carbons (Fsp3) is 0. The molecule has 0 spiro atoms. The number of nitrogens with one attached hydrogen (secondary N) is 1. The molecule has 0 aliphatic carbocycles. The standard InChI is InChI=1S/C21H13Cl2N5O/c22-17-9-8-14(12-18(17)23)25-20(29)19-16(13-24)21(27-10-4-5-11-27)28(26-19)15-6-2-1-3-7-15/h1-12H,(H,25,29). The van der Waals surface area contributed by atoms with Gasteiger partial charge in [0.15, 0.2) is 11.5 Å². The second-order valence-electron chi connectivity index (χ2n) is 6.08. The number of halogens is 2. The van der Waals surface area contributed by atoms with Gasteiger partial charge in [-0.2, -0.15) is 10.4 Å². The summed E-state index contributed by atoms with van der Waals surface area (Å²) in [5.41, 5.74) is 1.33. The third-order valence-corrected chi connectivity index (χ3v) is 4.95. The summed E-state index contributed by atoms with van der Waals surface area (Å²) in [5, 5.41) is 17.7. The quantitative estimate of drug-likeness (QED) is 0.498. The van der Waals surface area contributed by atoms with Crippen LogP contribution in [0.4, 0.5) is 5.69 Å². The van der Waals surface area contributed by atoms with Gasteiger partial charge in [-0.3, -0.25) is 4.79 Å². The van der Waals surface area contributed by atoms with Crippen molar-refractivity contribution in [3.8, 4) is 17.6 Å². The second-order valence-corrected chi connectivity index (χ2v) is 6.89. The van der Waals surface area contributed by atoms with Crippen LogP contribution in [0.15, 0.2) is 73.1 Å². The lowest BCUT2D eigenvalue weighted by atomic mass is 10.2. The van der Waals surface area contributed by atoms with Crippen LogP contribution in [-0.2, 0) is 0 Å². The van der Waals surface area contributed by atoms with Gasteiger partial charge in [-0.1, -0.05) is 41.4 Å². The molecule has 8 heteroatoms. The van der Waals surface area contributed by atoms with Crippen LogP contribution in [0.5, 0.6) is 0 Å². The molecule has 0 saturated carbocycles. The van der Waals surface area contributed by atoms with Gasteiger partial charge in [-0.05, 0) is 42.5 Å². The normalized spacial score (nSPS) is 10.5. The number of nitriles is 1. The molecule has 2 aromatic carbocycles. The smallest absolute Gasteiger partial charge is 0.277 e. The van der Waals surface area contributed by atoms with Crippen LogP contribution in [0.25, 0.3) is 11.5 Å². The fourth-order valence-electron chi connectivity index (χ4n) is 2.90. The summed E-state index contributed by atoms with van der Waals surface area (Å²) in [4.78, 5) is 12.9. The Balaban J connectivity index is 1.82. The molecule has 4 rings (SSSR count). The maximum absolute atomic E-state index is 12.9. The van der Waals surface area contributed by atoms with E-state index in [1.165, 1.54) is 6.07 Å². The Labute approximate surface area is 176 Å². The summed E-state index contributed by atoms with van der Waals surface area (Å²) < 4.78 is 3.32. The van der Waals surface area contributed by atoms with Gasteiger partial charge >= 0.3 is 0 Å². The topological polar surface area (TPSA) is 75.6 Å². The van der Waals surface area contributed by atoms with Crippen molar-refractivity contribution in [2.24, 2.45) is 0 Å². The lowest BCUT2D eigenvalue weighted by Crippen LogP contribution is -2.14. The van der Waals surface area contributed by atoms with Gasteiger partial charge in [0.2, 0.25) is 0 Å². The summed E-state index contributed by atoms with van der Waals surface area (Å²) in [7, 11) is 0. The Morgan fingerprint density at radius 2 is 1.72 bits per heavy atom. The molecule has 29 heavy (non-hydrogen) atoms. The number of amides is 1. The maximum atomic E-state index is 12.9. The molecule has 2 aromatic heterocycles. The monoisotopic (exact) mass is 421 g/mol. The third kappa shape index (κ3) is 3.61. The van der Waals surface area contributed by atoms with E-state index in [1.807, 2.05) is 42.5 Å². The number of carbonyl (C=O) groups excluding carboxylic acids is 1. The highest BCUT2D eigenvalue weighted by molar-refractivity contribution is 6.42. The first-order valence-corrected chi connectivity index (χ1v) is 9.32. The van der Waals surface area contributed by atoms with Crippen LogP contribution in [0, 0.1) is 11.3 Å². The Hall–Kier alpha value is -3.53. The predicted molar refractivity (Wildman–Crippen MR) is 112 cm³/mol. The molecule has 0 bridgehead atoms. The number of nitrogens with zero attached hydrogens (tertiary/aromatic N) is 4. The average Bonchev–Trinajstić information content (AvgIpc) is 3.38. The first kappa shape index (κ1) is 18.8. The minimum Gasteiger partial charge on any atom is -0.321 e. The average molecular weight is 422 g/mol. The fourth-order valence-corrected chi connectivity index (χ4v) is 3.20. The maximum Gasteiger partial charge on any atom is 0.277 e. The molecular weight excluding hydrogens is 409 g/mol. The van der Waals surface area contributed by atoms with Crippen LogP contribution in [0.1, 0.15) is 16.1 Å². The SMILES string of the molecule is N#Cc1c(C(=O)Nc2ccc(Cl)c(Cl)c2)nn(-c2ccccc2)c1-n1cccc1. The zero-order valence-corrected chi connectivity index (χ0v) is 16.4. The van der Waals surface area contributed by atoms with Gasteiger partial charge < -0.3 is 9.88 Å². The molecule has 0 saturated heterocycles. The van der Waals surface area contributed by atoms with Crippen LogP contribution in [0.2, 0.25) is 10.0 Å². The summed E-state index contributed by atoms with van der Waals surface area (Å²) >= 11 is 11.9. The van der Waals surface area contributed by atoms with Crippen molar-refractivity contribution in [3.05, 3.63) is 94.4 Å². The Bertz CT molecular complexity index is 1220. The van der Waals surface area contributed by atoms with Gasteiger partial charge in [0.1, 0.15) is 11.6 Å². The first-order valence-electron chi connectivity index (χ1n) is 8.57. The van der Waals surface area contributed by atoms with Crippen molar-refractivity contribution in [2.75, 3.05) is 5.32 Å². The molecular formula is C21H13Cl2N5O. The number of benzene rings is 2. The van der Waals surface area contributed by atoms with E-state index < -0.39 is 5.91 Å².